The number of β-amino-alcohol motifs (C(OH)–C–C–N with tert-alkyl or cyclic N) is 1. The maximum Gasteiger partial charge on any atom is 0.274 e. The number of fused-ring (bicyclic) bond motifs is 1. The van der Waals surface area contributed by atoms with Gasteiger partial charge in [-0.25, -0.2) is 4.39 Å². The van der Waals surface area contributed by atoms with Crippen molar-refractivity contribution in [3.63, 3.8) is 0 Å². The molecule has 0 saturated carbocycles. The normalized spacial score (nSPS) is 18.4. The lowest BCUT2D eigenvalue weighted by Crippen LogP contribution is -2.43. The molecule has 1 unspecified atom stereocenters. The van der Waals surface area contributed by atoms with Crippen molar-refractivity contribution in [3.05, 3.63) is 82.4 Å². The molecule has 5 rings (SSSR count). The number of halogens is 1. The second-order valence-electron chi connectivity index (χ2n) is 9.42. The van der Waals surface area contributed by atoms with Crippen LogP contribution in [0.3, 0.4) is 0 Å². The molecule has 1 N–H and O–H groups in total. The number of aromatic nitrogens is 2. The first-order valence-corrected chi connectivity index (χ1v) is 12.2. The van der Waals surface area contributed by atoms with Crippen molar-refractivity contribution in [3.8, 4) is 5.75 Å². The van der Waals surface area contributed by atoms with Crippen LogP contribution in [-0.4, -0.2) is 63.4 Å². The van der Waals surface area contributed by atoms with Gasteiger partial charge in [-0.05, 0) is 48.2 Å². The Morgan fingerprint density at radius 1 is 1.14 bits per heavy atom. The van der Waals surface area contributed by atoms with E-state index in [1.807, 2.05) is 28.9 Å². The van der Waals surface area contributed by atoms with Crippen LogP contribution in [0.25, 0.3) is 0 Å². The molecule has 0 radical (unpaired) electrons. The third kappa shape index (κ3) is 5.23. The number of amides is 1. The van der Waals surface area contributed by atoms with Crippen LogP contribution in [0.2, 0.25) is 0 Å². The lowest BCUT2D eigenvalue weighted by molar-refractivity contribution is 0.0466. The fraction of sp³-hybridized carbons (Fsp3) is 0.407. The molecule has 2 aliphatic rings. The molecule has 2 aliphatic heterocycles. The second-order valence-corrected chi connectivity index (χ2v) is 9.42. The number of aliphatic hydroxyl groups excluding tert-OH is 1. The third-order valence-electron chi connectivity index (χ3n) is 6.89. The Morgan fingerprint density at radius 2 is 1.97 bits per heavy atom. The first-order valence-electron chi connectivity index (χ1n) is 12.2. The van der Waals surface area contributed by atoms with Crippen LogP contribution < -0.4 is 4.74 Å². The maximum atomic E-state index is 13.5. The Labute approximate surface area is 204 Å². The Morgan fingerprint density at radius 3 is 2.74 bits per heavy atom. The fourth-order valence-corrected chi connectivity index (χ4v) is 5.06. The summed E-state index contributed by atoms with van der Waals surface area (Å²) >= 11 is 0. The van der Waals surface area contributed by atoms with Gasteiger partial charge in [0.05, 0.1) is 19.8 Å². The summed E-state index contributed by atoms with van der Waals surface area (Å²) in [5.41, 5.74) is 4.58. The first-order chi connectivity index (χ1) is 17.0. The van der Waals surface area contributed by atoms with E-state index < -0.39 is 6.10 Å². The quantitative estimate of drug-likeness (QED) is 0.589. The number of hydrogen-bond donors (Lipinski definition) is 1. The van der Waals surface area contributed by atoms with E-state index in [0.29, 0.717) is 38.4 Å². The molecule has 1 atom stereocenters. The van der Waals surface area contributed by atoms with E-state index in [0.717, 1.165) is 53.9 Å². The Balaban J connectivity index is 1.44. The van der Waals surface area contributed by atoms with E-state index in [1.54, 1.807) is 24.1 Å². The van der Waals surface area contributed by atoms with Crippen molar-refractivity contribution in [1.29, 1.82) is 0 Å². The number of methoxy groups -OCH3 is 1. The van der Waals surface area contributed by atoms with Gasteiger partial charge < -0.3 is 14.7 Å². The van der Waals surface area contributed by atoms with Crippen LogP contribution >= 0.6 is 0 Å². The molecule has 8 heteroatoms. The molecule has 2 aromatic carbocycles. The van der Waals surface area contributed by atoms with Gasteiger partial charge in [0, 0.05) is 50.4 Å². The number of hydrogen-bond acceptors (Lipinski definition) is 5. The van der Waals surface area contributed by atoms with Crippen molar-refractivity contribution in [2.45, 2.75) is 45.0 Å². The van der Waals surface area contributed by atoms with E-state index in [2.05, 4.69) is 4.90 Å². The highest BCUT2D eigenvalue weighted by atomic mass is 19.1. The summed E-state index contributed by atoms with van der Waals surface area (Å²) in [6.45, 7) is 3.62. The van der Waals surface area contributed by atoms with Gasteiger partial charge >= 0.3 is 0 Å². The molecular weight excluding hydrogens is 447 g/mol. The number of benzene rings is 2. The van der Waals surface area contributed by atoms with Gasteiger partial charge in [-0.1, -0.05) is 24.3 Å². The van der Waals surface area contributed by atoms with E-state index in [-0.39, 0.29) is 11.7 Å². The van der Waals surface area contributed by atoms with Crippen molar-refractivity contribution < 1.29 is 19.0 Å². The molecule has 0 spiro atoms. The van der Waals surface area contributed by atoms with Crippen molar-refractivity contribution in [2.24, 2.45) is 0 Å². The van der Waals surface area contributed by atoms with Crippen molar-refractivity contribution >= 4 is 5.91 Å². The van der Waals surface area contributed by atoms with Gasteiger partial charge in [-0.3, -0.25) is 14.4 Å². The first kappa shape index (κ1) is 23.5. The fourth-order valence-electron chi connectivity index (χ4n) is 5.06. The van der Waals surface area contributed by atoms with E-state index in [9.17, 15) is 14.3 Å². The zero-order valence-electron chi connectivity index (χ0n) is 20.0. The number of nitrogens with zero attached hydrogens (tertiary/aromatic N) is 4. The molecule has 1 aromatic heterocycles. The summed E-state index contributed by atoms with van der Waals surface area (Å²) in [4.78, 5) is 17.5. The third-order valence-corrected chi connectivity index (χ3v) is 6.89. The largest absolute Gasteiger partial charge is 0.497 e. The van der Waals surface area contributed by atoms with E-state index in [4.69, 9.17) is 9.84 Å². The van der Waals surface area contributed by atoms with Crippen LogP contribution in [0.5, 0.6) is 5.75 Å². The predicted octanol–water partition coefficient (Wildman–Crippen LogP) is 3.23. The smallest absolute Gasteiger partial charge is 0.274 e. The predicted molar refractivity (Wildman–Crippen MR) is 130 cm³/mol. The van der Waals surface area contributed by atoms with Crippen molar-refractivity contribution in [1.82, 2.24) is 19.6 Å². The molecule has 0 aliphatic carbocycles. The van der Waals surface area contributed by atoms with E-state index >= 15 is 0 Å². The molecule has 35 heavy (non-hydrogen) atoms. The Hall–Kier alpha value is -3.23. The van der Waals surface area contributed by atoms with Gasteiger partial charge in [-0.2, -0.15) is 5.10 Å². The number of rotatable bonds is 6. The molecule has 0 bridgehead atoms. The highest BCUT2D eigenvalue weighted by Gasteiger charge is 2.32. The maximum absolute atomic E-state index is 13.5. The number of piperidine rings is 1. The van der Waals surface area contributed by atoms with Crippen LogP contribution in [0, 0.1) is 5.82 Å². The van der Waals surface area contributed by atoms with Gasteiger partial charge in [-0.15, -0.1) is 0 Å². The standard InChI is InChI=1S/C27H31FN4O3/c1-35-23-6-2-4-20(14-23)16-32-25-11-13-30(15-19-7-9-21(28)10-8-19)18-24(25)26(29-32)27(34)31-12-3-5-22(33)17-31/h2,4,6-10,14,22,33H,3,5,11-13,15-18H2,1H3. The lowest BCUT2D eigenvalue weighted by Gasteiger charge is -2.31. The Bertz CT molecular complexity index is 1190. The lowest BCUT2D eigenvalue weighted by atomic mass is 10.0. The molecule has 3 heterocycles. The number of carbonyl (C=O) groups is 1. The summed E-state index contributed by atoms with van der Waals surface area (Å²) in [5.74, 6) is 0.422. The van der Waals surface area contributed by atoms with Gasteiger partial charge in [0.2, 0.25) is 0 Å². The molecular formula is C27H31FN4O3. The number of aliphatic hydroxyl groups is 1. The van der Waals surface area contributed by atoms with Gasteiger partial charge in [0.25, 0.3) is 5.91 Å². The SMILES string of the molecule is COc1cccc(Cn2nc(C(=O)N3CCCC(O)C3)c3c2CCN(Cc2ccc(F)cc2)C3)c1. The van der Waals surface area contributed by atoms with Gasteiger partial charge in [0.1, 0.15) is 11.6 Å². The summed E-state index contributed by atoms with van der Waals surface area (Å²) in [7, 11) is 1.65. The minimum atomic E-state index is -0.489. The van der Waals surface area contributed by atoms with Crippen LogP contribution in [0.1, 0.15) is 45.7 Å². The molecule has 184 valence electrons. The zero-order chi connectivity index (χ0) is 24.4. The monoisotopic (exact) mass is 478 g/mol. The van der Waals surface area contributed by atoms with E-state index in [1.165, 1.54) is 12.1 Å². The molecule has 7 nitrogen and oxygen atoms in total. The average Bonchev–Trinajstić information content (AvgIpc) is 3.22. The Kier molecular flexibility index (Phi) is 6.83. The highest BCUT2D eigenvalue weighted by Crippen LogP contribution is 2.27. The van der Waals surface area contributed by atoms with Crippen molar-refractivity contribution in [2.75, 3.05) is 26.7 Å². The minimum Gasteiger partial charge on any atom is -0.497 e. The highest BCUT2D eigenvalue weighted by molar-refractivity contribution is 5.94. The van der Waals surface area contributed by atoms with Crippen LogP contribution in [0.4, 0.5) is 4.39 Å². The molecule has 1 amide bonds. The summed E-state index contributed by atoms with van der Waals surface area (Å²) in [5, 5.41) is 14.9. The molecule has 1 fully saturated rings. The van der Waals surface area contributed by atoms with Gasteiger partial charge in [0.15, 0.2) is 5.69 Å². The summed E-state index contributed by atoms with van der Waals surface area (Å²) in [6, 6.07) is 14.4. The molecule has 1 saturated heterocycles. The number of likely N-dealkylation sites (tertiary alicyclic amines) is 1. The van der Waals surface area contributed by atoms with Crippen LogP contribution in [-0.2, 0) is 26.1 Å². The summed E-state index contributed by atoms with van der Waals surface area (Å²) in [6.07, 6.45) is 1.79. The number of ether oxygens (including phenoxy) is 1. The number of carbonyl (C=O) groups excluding carboxylic acids is 1. The zero-order valence-corrected chi connectivity index (χ0v) is 20.0. The molecule has 3 aromatic rings. The average molecular weight is 479 g/mol. The topological polar surface area (TPSA) is 70.8 Å². The second kappa shape index (κ2) is 10.2. The minimum absolute atomic E-state index is 0.118. The summed E-state index contributed by atoms with van der Waals surface area (Å²) < 4.78 is 20.7. The van der Waals surface area contributed by atoms with Crippen LogP contribution in [0.15, 0.2) is 48.5 Å².